The lowest BCUT2D eigenvalue weighted by atomic mass is 9.89. The molecule has 3 aliphatic rings. The second kappa shape index (κ2) is 11.9. The molecule has 0 bridgehead atoms. The summed E-state index contributed by atoms with van der Waals surface area (Å²) in [5.74, 6) is -2.87. The SMILES string of the molecule is CC(C)(C)OC(=O)/C=C/Oc1c(F)cc(F)cc1C1=CC[C@H](OCC2N(C(=O)O)CCC23COCC(=O)N3)CC1. The summed E-state index contributed by atoms with van der Waals surface area (Å²) >= 11 is 0. The fourth-order valence-electron chi connectivity index (χ4n) is 5.25. The molecule has 218 valence electrons. The van der Waals surface area contributed by atoms with E-state index in [1.165, 1.54) is 11.0 Å². The Balaban J connectivity index is 1.43. The summed E-state index contributed by atoms with van der Waals surface area (Å²) in [6.45, 7) is 5.56. The van der Waals surface area contributed by atoms with E-state index in [1.54, 1.807) is 26.8 Å². The second-order valence-corrected chi connectivity index (χ2v) is 11.1. The van der Waals surface area contributed by atoms with Crippen molar-refractivity contribution in [1.82, 2.24) is 10.2 Å². The normalized spacial score (nSPS) is 25.2. The van der Waals surface area contributed by atoms with Crippen molar-refractivity contribution in [1.29, 1.82) is 0 Å². The summed E-state index contributed by atoms with van der Waals surface area (Å²) in [6.07, 6.45) is 4.21. The molecule has 4 rings (SSSR count). The third-order valence-electron chi connectivity index (χ3n) is 7.04. The maximum atomic E-state index is 14.7. The topological polar surface area (TPSA) is 124 Å². The van der Waals surface area contributed by atoms with Gasteiger partial charge in [0.2, 0.25) is 5.91 Å². The molecular weight excluding hydrogens is 530 g/mol. The molecule has 0 radical (unpaired) electrons. The van der Waals surface area contributed by atoms with Crippen molar-refractivity contribution in [2.75, 3.05) is 26.4 Å². The van der Waals surface area contributed by atoms with E-state index >= 15 is 0 Å². The number of carboxylic acid groups (broad SMARTS) is 1. The van der Waals surface area contributed by atoms with Crippen LogP contribution in [0.2, 0.25) is 0 Å². The first kappa shape index (κ1) is 29.5. The number of morpholine rings is 1. The van der Waals surface area contributed by atoms with Crippen molar-refractivity contribution in [2.24, 2.45) is 0 Å². The van der Waals surface area contributed by atoms with Gasteiger partial charge in [-0.25, -0.2) is 18.4 Å². The molecular formula is C28H34F2N2O8. The number of nitrogens with zero attached hydrogens (tertiary/aromatic N) is 1. The van der Waals surface area contributed by atoms with Gasteiger partial charge in [-0.05, 0) is 58.1 Å². The zero-order chi connectivity index (χ0) is 29.1. The van der Waals surface area contributed by atoms with E-state index in [9.17, 15) is 28.3 Å². The van der Waals surface area contributed by atoms with Crippen LogP contribution in [0, 0.1) is 11.6 Å². The highest BCUT2D eigenvalue weighted by Crippen LogP contribution is 2.37. The Morgan fingerprint density at radius 2 is 2.08 bits per heavy atom. The summed E-state index contributed by atoms with van der Waals surface area (Å²) < 4.78 is 50.9. The third kappa shape index (κ3) is 6.97. The number of amides is 2. The maximum Gasteiger partial charge on any atom is 0.407 e. The van der Waals surface area contributed by atoms with Gasteiger partial charge in [0.1, 0.15) is 18.0 Å². The van der Waals surface area contributed by atoms with Crippen LogP contribution in [0.1, 0.15) is 52.0 Å². The van der Waals surface area contributed by atoms with Gasteiger partial charge in [0.25, 0.3) is 0 Å². The van der Waals surface area contributed by atoms with Gasteiger partial charge < -0.3 is 34.3 Å². The predicted octanol–water partition coefficient (Wildman–Crippen LogP) is 3.79. The van der Waals surface area contributed by atoms with Gasteiger partial charge in [0, 0.05) is 18.2 Å². The minimum atomic E-state index is -1.10. The third-order valence-corrected chi connectivity index (χ3v) is 7.04. The molecule has 2 saturated heterocycles. The minimum absolute atomic E-state index is 0.0577. The number of benzene rings is 1. The van der Waals surface area contributed by atoms with Gasteiger partial charge in [-0.1, -0.05) is 6.08 Å². The quantitative estimate of drug-likeness (QED) is 0.291. The Morgan fingerprint density at radius 3 is 2.73 bits per heavy atom. The van der Waals surface area contributed by atoms with Gasteiger partial charge >= 0.3 is 12.1 Å². The van der Waals surface area contributed by atoms with Crippen molar-refractivity contribution < 1.29 is 47.2 Å². The smallest absolute Gasteiger partial charge is 0.407 e. The van der Waals surface area contributed by atoms with Crippen LogP contribution in [-0.4, -0.2) is 77.6 Å². The van der Waals surface area contributed by atoms with E-state index in [0.717, 1.165) is 12.3 Å². The lowest BCUT2D eigenvalue weighted by Gasteiger charge is -2.40. The van der Waals surface area contributed by atoms with Crippen LogP contribution in [0.4, 0.5) is 13.6 Å². The van der Waals surface area contributed by atoms with E-state index in [-0.39, 0.29) is 49.7 Å². The summed E-state index contributed by atoms with van der Waals surface area (Å²) in [6, 6.07) is 1.26. The van der Waals surface area contributed by atoms with Crippen molar-refractivity contribution in [3.05, 3.63) is 47.7 Å². The van der Waals surface area contributed by atoms with Gasteiger partial charge in [-0.2, -0.15) is 0 Å². The lowest BCUT2D eigenvalue weighted by Crippen LogP contribution is -2.65. The number of likely N-dealkylation sites (tertiary alicyclic amines) is 1. The monoisotopic (exact) mass is 564 g/mol. The Bertz CT molecular complexity index is 1210. The Morgan fingerprint density at radius 1 is 1.30 bits per heavy atom. The number of nitrogens with one attached hydrogen (secondary N) is 1. The number of halogens is 2. The summed E-state index contributed by atoms with van der Waals surface area (Å²) in [7, 11) is 0. The van der Waals surface area contributed by atoms with Crippen LogP contribution in [-0.2, 0) is 23.8 Å². The predicted molar refractivity (Wildman–Crippen MR) is 138 cm³/mol. The van der Waals surface area contributed by atoms with Crippen LogP contribution in [0.3, 0.4) is 0 Å². The largest absolute Gasteiger partial charge is 0.465 e. The molecule has 2 N–H and O–H groups in total. The van der Waals surface area contributed by atoms with Gasteiger partial charge in [0.15, 0.2) is 11.6 Å². The van der Waals surface area contributed by atoms with E-state index in [2.05, 4.69) is 5.32 Å². The molecule has 2 unspecified atom stereocenters. The average Bonchev–Trinajstić information content (AvgIpc) is 3.20. The Kier molecular flexibility index (Phi) is 8.79. The first-order valence-electron chi connectivity index (χ1n) is 13.1. The Hall–Kier alpha value is -3.51. The van der Waals surface area contributed by atoms with Crippen LogP contribution < -0.4 is 10.1 Å². The number of allylic oxidation sites excluding steroid dienone is 1. The fraction of sp³-hybridized carbons (Fsp3) is 0.536. The van der Waals surface area contributed by atoms with Gasteiger partial charge in [-0.15, -0.1) is 0 Å². The summed E-state index contributed by atoms with van der Waals surface area (Å²) in [5.41, 5.74) is -0.682. The molecule has 12 heteroatoms. The highest BCUT2D eigenvalue weighted by molar-refractivity contribution is 5.82. The number of carbonyl (C=O) groups is 3. The molecule has 1 aliphatic carbocycles. The molecule has 40 heavy (non-hydrogen) atoms. The summed E-state index contributed by atoms with van der Waals surface area (Å²) in [4.78, 5) is 37.0. The average molecular weight is 565 g/mol. The zero-order valence-electron chi connectivity index (χ0n) is 22.7. The van der Waals surface area contributed by atoms with E-state index in [0.29, 0.717) is 37.3 Å². The first-order valence-corrected chi connectivity index (χ1v) is 13.1. The lowest BCUT2D eigenvalue weighted by molar-refractivity contribution is -0.148. The molecule has 2 aliphatic heterocycles. The van der Waals surface area contributed by atoms with Crippen molar-refractivity contribution >= 4 is 23.5 Å². The number of hydrogen-bond acceptors (Lipinski definition) is 7. The van der Waals surface area contributed by atoms with E-state index < -0.39 is 40.9 Å². The number of rotatable bonds is 7. The molecule has 2 heterocycles. The van der Waals surface area contributed by atoms with Crippen LogP contribution in [0.5, 0.6) is 5.75 Å². The standard InChI is InChI=1S/C28H34F2N2O8/c1-27(2,3)40-24(34)8-11-38-25-20(12-18(29)13-21(25)30)17-4-6-19(7-5-17)39-14-22-28(9-10-32(22)26(35)36)16-37-15-23(33)31-28/h4,8,11-13,19,22H,5-7,9-10,14-16H2,1-3H3,(H,31,33)(H,35,36)/b11-8+/t19-,22?,28?/m0/s1. The first-order chi connectivity index (χ1) is 18.9. The van der Waals surface area contributed by atoms with E-state index in [4.69, 9.17) is 18.9 Å². The number of ether oxygens (including phenoxy) is 4. The highest BCUT2D eigenvalue weighted by Gasteiger charge is 2.52. The highest BCUT2D eigenvalue weighted by atomic mass is 19.1. The van der Waals surface area contributed by atoms with Crippen LogP contribution in [0.25, 0.3) is 5.57 Å². The van der Waals surface area contributed by atoms with Crippen molar-refractivity contribution in [3.8, 4) is 5.75 Å². The van der Waals surface area contributed by atoms with Crippen molar-refractivity contribution in [3.63, 3.8) is 0 Å². The Labute approximate surface area is 230 Å². The minimum Gasteiger partial charge on any atom is -0.465 e. The van der Waals surface area contributed by atoms with Crippen molar-refractivity contribution in [2.45, 2.75) is 69.7 Å². The van der Waals surface area contributed by atoms with Crippen LogP contribution in [0.15, 0.2) is 30.5 Å². The molecule has 10 nitrogen and oxygen atoms in total. The molecule has 2 fully saturated rings. The fourth-order valence-corrected chi connectivity index (χ4v) is 5.25. The van der Waals surface area contributed by atoms with Gasteiger partial charge in [-0.3, -0.25) is 4.79 Å². The number of carbonyl (C=O) groups excluding carboxylic acids is 2. The number of hydrogen-bond donors (Lipinski definition) is 2. The molecule has 0 saturated carbocycles. The molecule has 1 spiro atoms. The second-order valence-electron chi connectivity index (χ2n) is 11.1. The molecule has 2 amide bonds. The molecule has 3 atom stereocenters. The molecule has 1 aromatic carbocycles. The van der Waals surface area contributed by atoms with Crippen LogP contribution >= 0.6 is 0 Å². The zero-order valence-corrected chi connectivity index (χ0v) is 22.7. The molecule has 1 aromatic rings. The summed E-state index contributed by atoms with van der Waals surface area (Å²) in [5, 5.41) is 12.6. The molecule has 0 aromatic heterocycles. The number of esters is 1. The van der Waals surface area contributed by atoms with E-state index in [1.807, 2.05) is 0 Å². The maximum absolute atomic E-state index is 14.7. The van der Waals surface area contributed by atoms with Gasteiger partial charge in [0.05, 0.1) is 43.2 Å².